The first kappa shape index (κ1) is 14.9. The molecule has 2 rings (SSSR count). The summed E-state index contributed by atoms with van der Waals surface area (Å²) in [6, 6.07) is 8.81. The van der Waals surface area contributed by atoms with Crippen LogP contribution in [0.2, 0.25) is 0 Å². The summed E-state index contributed by atoms with van der Waals surface area (Å²) in [5.74, 6) is 0.0977. The number of ether oxygens (including phenoxy) is 1. The van der Waals surface area contributed by atoms with Gasteiger partial charge in [-0.05, 0) is 61.7 Å². The molecule has 7 heteroatoms. The highest BCUT2D eigenvalue weighted by Gasteiger charge is 2.12. The van der Waals surface area contributed by atoms with Crippen molar-refractivity contribution in [2.24, 2.45) is 0 Å². The second-order valence-corrected chi connectivity index (χ2v) is 5.61. The number of nitrogens with zero attached hydrogens (tertiary/aromatic N) is 1. The Balaban J connectivity index is 2.15. The van der Waals surface area contributed by atoms with Crippen molar-refractivity contribution in [3.8, 4) is 5.75 Å². The standard InChI is InChI=1S/C13H8Br2FNO3/c14-10-3-1-8(5-12(10)17(18)19)7-20-13-4-2-9(16)6-11(13)15/h1-6H,7H2. The zero-order valence-electron chi connectivity index (χ0n) is 9.98. The summed E-state index contributed by atoms with van der Waals surface area (Å²) in [6.45, 7) is 0.151. The van der Waals surface area contributed by atoms with Crippen LogP contribution >= 0.6 is 31.9 Å². The SMILES string of the molecule is O=[N+]([O-])c1cc(COc2ccc(F)cc2Br)ccc1Br. The average molecular weight is 405 g/mol. The molecule has 0 saturated carbocycles. The Hall–Kier alpha value is -1.47. The van der Waals surface area contributed by atoms with Crippen LogP contribution in [-0.2, 0) is 6.61 Å². The largest absolute Gasteiger partial charge is 0.488 e. The maximum absolute atomic E-state index is 12.9. The molecule has 0 N–H and O–H groups in total. The molecule has 0 aliphatic heterocycles. The Morgan fingerprint density at radius 3 is 2.55 bits per heavy atom. The van der Waals surface area contributed by atoms with E-state index in [-0.39, 0.29) is 18.1 Å². The Bertz CT molecular complexity index is 664. The van der Waals surface area contributed by atoms with E-state index in [1.807, 2.05) is 0 Å². The highest BCUT2D eigenvalue weighted by molar-refractivity contribution is 9.11. The first-order chi connectivity index (χ1) is 9.47. The Kier molecular flexibility index (Phi) is 4.72. The third-order valence-electron chi connectivity index (χ3n) is 2.50. The molecule has 2 aromatic rings. The number of nitro groups is 1. The zero-order valence-corrected chi connectivity index (χ0v) is 13.1. The molecule has 0 fully saturated rings. The molecule has 0 aliphatic carbocycles. The van der Waals surface area contributed by atoms with Crippen molar-refractivity contribution in [3.63, 3.8) is 0 Å². The van der Waals surface area contributed by atoms with Crippen LogP contribution in [-0.4, -0.2) is 4.92 Å². The number of hydrogen-bond acceptors (Lipinski definition) is 3. The van der Waals surface area contributed by atoms with Crippen molar-refractivity contribution in [3.05, 3.63) is 66.8 Å². The quantitative estimate of drug-likeness (QED) is 0.541. The Labute approximate surface area is 131 Å². The summed E-state index contributed by atoms with van der Waals surface area (Å²) in [5.41, 5.74) is 0.625. The summed E-state index contributed by atoms with van der Waals surface area (Å²) in [5, 5.41) is 10.8. The summed E-state index contributed by atoms with van der Waals surface area (Å²) in [4.78, 5) is 10.4. The highest BCUT2D eigenvalue weighted by Crippen LogP contribution is 2.28. The van der Waals surface area contributed by atoms with Crippen LogP contribution in [0.1, 0.15) is 5.56 Å². The molecule has 0 atom stereocenters. The molecule has 2 aromatic carbocycles. The van der Waals surface area contributed by atoms with Gasteiger partial charge in [-0.1, -0.05) is 6.07 Å². The van der Waals surface area contributed by atoms with E-state index in [1.165, 1.54) is 24.3 Å². The van der Waals surface area contributed by atoms with E-state index in [0.717, 1.165) is 0 Å². The van der Waals surface area contributed by atoms with Crippen LogP contribution in [0.5, 0.6) is 5.75 Å². The van der Waals surface area contributed by atoms with Gasteiger partial charge >= 0.3 is 0 Å². The van der Waals surface area contributed by atoms with Gasteiger partial charge in [-0.25, -0.2) is 4.39 Å². The monoisotopic (exact) mass is 403 g/mol. The van der Waals surface area contributed by atoms with Crippen LogP contribution in [0.4, 0.5) is 10.1 Å². The predicted molar refractivity (Wildman–Crippen MR) is 79.2 cm³/mol. The average Bonchev–Trinajstić information content (AvgIpc) is 2.39. The minimum atomic E-state index is -0.471. The van der Waals surface area contributed by atoms with Crippen LogP contribution in [0.3, 0.4) is 0 Å². The summed E-state index contributed by atoms with van der Waals surface area (Å²) >= 11 is 6.30. The Morgan fingerprint density at radius 1 is 1.15 bits per heavy atom. The minimum Gasteiger partial charge on any atom is -0.488 e. The first-order valence-electron chi connectivity index (χ1n) is 5.48. The van der Waals surface area contributed by atoms with E-state index >= 15 is 0 Å². The van der Waals surface area contributed by atoms with Crippen molar-refractivity contribution >= 4 is 37.5 Å². The Morgan fingerprint density at radius 2 is 1.90 bits per heavy atom. The predicted octanol–water partition coefficient (Wildman–Crippen LogP) is 4.84. The minimum absolute atomic E-state index is 0.0238. The van der Waals surface area contributed by atoms with Gasteiger partial charge in [0.05, 0.1) is 13.9 Å². The second kappa shape index (κ2) is 6.32. The molecular weight excluding hydrogens is 397 g/mol. The lowest BCUT2D eigenvalue weighted by atomic mass is 10.2. The molecule has 0 saturated heterocycles. The van der Waals surface area contributed by atoms with E-state index < -0.39 is 4.92 Å². The highest BCUT2D eigenvalue weighted by atomic mass is 79.9. The number of nitro benzene ring substituents is 1. The van der Waals surface area contributed by atoms with E-state index in [2.05, 4.69) is 31.9 Å². The molecule has 0 bridgehead atoms. The van der Waals surface area contributed by atoms with Gasteiger partial charge in [0.2, 0.25) is 0 Å². The smallest absolute Gasteiger partial charge is 0.283 e. The molecular formula is C13H8Br2FNO3. The second-order valence-electron chi connectivity index (χ2n) is 3.91. The fourth-order valence-corrected chi connectivity index (χ4v) is 2.40. The molecule has 0 aliphatic rings. The first-order valence-corrected chi connectivity index (χ1v) is 7.06. The van der Waals surface area contributed by atoms with Gasteiger partial charge < -0.3 is 4.74 Å². The fraction of sp³-hybridized carbons (Fsp3) is 0.0769. The van der Waals surface area contributed by atoms with Gasteiger partial charge in [0.15, 0.2) is 0 Å². The summed E-state index contributed by atoms with van der Waals surface area (Å²) in [7, 11) is 0. The molecule has 0 unspecified atom stereocenters. The number of benzene rings is 2. The third-order valence-corrected chi connectivity index (χ3v) is 3.79. The van der Waals surface area contributed by atoms with Crippen molar-refractivity contribution in [2.45, 2.75) is 6.61 Å². The molecule has 0 aromatic heterocycles. The van der Waals surface area contributed by atoms with E-state index in [4.69, 9.17) is 4.74 Å². The van der Waals surface area contributed by atoms with Crippen LogP contribution < -0.4 is 4.74 Å². The molecule has 0 heterocycles. The fourth-order valence-electron chi connectivity index (χ4n) is 1.54. The molecule has 0 spiro atoms. The van der Waals surface area contributed by atoms with Gasteiger partial charge in [0.1, 0.15) is 18.2 Å². The van der Waals surface area contributed by atoms with E-state index in [1.54, 1.807) is 12.1 Å². The van der Waals surface area contributed by atoms with Gasteiger partial charge in [0, 0.05) is 6.07 Å². The maximum Gasteiger partial charge on any atom is 0.283 e. The van der Waals surface area contributed by atoms with Gasteiger partial charge in [0.25, 0.3) is 5.69 Å². The number of hydrogen-bond donors (Lipinski definition) is 0. The molecule has 104 valence electrons. The lowest BCUT2D eigenvalue weighted by molar-refractivity contribution is -0.385. The lowest BCUT2D eigenvalue weighted by Gasteiger charge is -2.08. The van der Waals surface area contributed by atoms with Crippen molar-refractivity contribution in [1.82, 2.24) is 0 Å². The van der Waals surface area contributed by atoms with Crippen molar-refractivity contribution in [1.29, 1.82) is 0 Å². The van der Waals surface area contributed by atoms with Crippen LogP contribution in [0.15, 0.2) is 45.3 Å². The topological polar surface area (TPSA) is 52.4 Å². The van der Waals surface area contributed by atoms with Gasteiger partial charge in [-0.3, -0.25) is 10.1 Å². The number of halogens is 3. The van der Waals surface area contributed by atoms with Gasteiger partial charge in [-0.2, -0.15) is 0 Å². The van der Waals surface area contributed by atoms with E-state index in [9.17, 15) is 14.5 Å². The van der Waals surface area contributed by atoms with Crippen molar-refractivity contribution in [2.75, 3.05) is 0 Å². The molecule has 0 radical (unpaired) electrons. The summed E-state index contributed by atoms with van der Waals surface area (Å²) < 4.78 is 19.3. The third kappa shape index (κ3) is 3.55. The number of rotatable bonds is 4. The van der Waals surface area contributed by atoms with Gasteiger partial charge in [-0.15, -0.1) is 0 Å². The zero-order chi connectivity index (χ0) is 14.7. The van der Waals surface area contributed by atoms with Crippen LogP contribution in [0.25, 0.3) is 0 Å². The van der Waals surface area contributed by atoms with E-state index in [0.29, 0.717) is 20.3 Å². The molecule has 4 nitrogen and oxygen atoms in total. The molecule has 20 heavy (non-hydrogen) atoms. The summed E-state index contributed by atoms with van der Waals surface area (Å²) in [6.07, 6.45) is 0. The lowest BCUT2D eigenvalue weighted by Crippen LogP contribution is -1.98. The molecule has 0 amide bonds. The normalized spacial score (nSPS) is 10.3. The van der Waals surface area contributed by atoms with Crippen LogP contribution in [0, 0.1) is 15.9 Å². The maximum atomic E-state index is 12.9. The van der Waals surface area contributed by atoms with Crippen molar-refractivity contribution < 1.29 is 14.1 Å².